The Morgan fingerprint density at radius 2 is 2.00 bits per heavy atom. The van der Waals surface area contributed by atoms with Crippen LogP contribution in [0.3, 0.4) is 0 Å². The molecule has 2 N–H and O–H groups in total. The van der Waals surface area contributed by atoms with Crippen molar-refractivity contribution in [3.05, 3.63) is 0 Å². The van der Waals surface area contributed by atoms with Gasteiger partial charge in [0.05, 0.1) is 5.60 Å². The second kappa shape index (κ2) is 4.04. The Bertz CT molecular complexity index is 111. The van der Waals surface area contributed by atoms with E-state index in [0.29, 0.717) is 13.3 Å². The van der Waals surface area contributed by atoms with Gasteiger partial charge < -0.3 is 15.2 Å². The largest absolute Gasteiger partial charge is 0.359 e. The van der Waals surface area contributed by atoms with Crippen molar-refractivity contribution in [3.8, 4) is 0 Å². The summed E-state index contributed by atoms with van der Waals surface area (Å²) in [4.78, 5) is 0. The second-order valence-electron chi connectivity index (χ2n) is 3.15. The van der Waals surface area contributed by atoms with Gasteiger partial charge >= 0.3 is 0 Å². The first-order chi connectivity index (χ1) is 5.33. The zero-order valence-electron chi connectivity index (χ0n) is 7.14. The molecule has 1 rings (SSSR count). The number of hydrogen-bond donors (Lipinski definition) is 1. The first-order valence-corrected chi connectivity index (χ1v) is 4.16. The lowest BCUT2D eigenvalue weighted by atomic mass is 10.0. The van der Waals surface area contributed by atoms with Crippen molar-refractivity contribution in [2.45, 2.75) is 31.3 Å². The Labute approximate surface area is 67.9 Å². The molecule has 0 saturated heterocycles. The summed E-state index contributed by atoms with van der Waals surface area (Å²) in [6.45, 7) is 0.994. The van der Waals surface area contributed by atoms with Crippen LogP contribution in [0.15, 0.2) is 0 Å². The minimum atomic E-state index is -0.0595. The van der Waals surface area contributed by atoms with Gasteiger partial charge in [0.2, 0.25) is 0 Å². The van der Waals surface area contributed by atoms with Crippen molar-refractivity contribution in [3.63, 3.8) is 0 Å². The molecule has 0 spiro atoms. The lowest BCUT2D eigenvalue weighted by Crippen LogP contribution is -2.38. The van der Waals surface area contributed by atoms with Gasteiger partial charge in [-0.15, -0.1) is 0 Å². The Kier molecular flexibility index (Phi) is 3.30. The van der Waals surface area contributed by atoms with E-state index in [4.69, 9.17) is 15.2 Å². The van der Waals surface area contributed by atoms with E-state index in [1.54, 1.807) is 7.11 Å². The van der Waals surface area contributed by atoms with E-state index in [-0.39, 0.29) is 5.60 Å². The van der Waals surface area contributed by atoms with Gasteiger partial charge in [0.15, 0.2) is 0 Å². The average molecular weight is 159 g/mol. The molecule has 1 saturated carbocycles. The van der Waals surface area contributed by atoms with Crippen molar-refractivity contribution in [1.29, 1.82) is 0 Å². The minimum absolute atomic E-state index is 0.0595. The molecule has 11 heavy (non-hydrogen) atoms. The zero-order valence-corrected chi connectivity index (χ0v) is 7.14. The van der Waals surface area contributed by atoms with Crippen LogP contribution >= 0.6 is 0 Å². The molecule has 0 aromatic heterocycles. The van der Waals surface area contributed by atoms with Gasteiger partial charge in [0, 0.05) is 13.7 Å². The lowest BCUT2D eigenvalue weighted by Gasteiger charge is -2.26. The monoisotopic (exact) mass is 159 g/mol. The highest BCUT2D eigenvalue weighted by molar-refractivity contribution is 4.86. The van der Waals surface area contributed by atoms with E-state index >= 15 is 0 Å². The minimum Gasteiger partial charge on any atom is -0.359 e. The molecular weight excluding hydrogens is 142 g/mol. The van der Waals surface area contributed by atoms with E-state index in [9.17, 15) is 0 Å². The van der Waals surface area contributed by atoms with E-state index in [1.807, 2.05) is 0 Å². The first-order valence-electron chi connectivity index (χ1n) is 4.16. The quantitative estimate of drug-likeness (QED) is 0.619. The molecule has 1 fully saturated rings. The van der Waals surface area contributed by atoms with Crippen LogP contribution in [0, 0.1) is 0 Å². The van der Waals surface area contributed by atoms with Gasteiger partial charge in [0.1, 0.15) is 6.79 Å². The van der Waals surface area contributed by atoms with Crippen molar-refractivity contribution in [2.75, 3.05) is 20.4 Å². The fraction of sp³-hybridized carbons (Fsp3) is 1.00. The molecule has 0 bridgehead atoms. The lowest BCUT2D eigenvalue weighted by molar-refractivity contribution is -0.123. The molecule has 3 nitrogen and oxygen atoms in total. The van der Waals surface area contributed by atoms with E-state index < -0.39 is 0 Å². The van der Waals surface area contributed by atoms with Crippen molar-refractivity contribution in [1.82, 2.24) is 0 Å². The maximum absolute atomic E-state index is 5.63. The molecule has 0 aromatic rings. The summed E-state index contributed by atoms with van der Waals surface area (Å²) in [5, 5.41) is 0. The maximum Gasteiger partial charge on any atom is 0.147 e. The fourth-order valence-corrected chi connectivity index (χ4v) is 1.61. The molecule has 3 heteroatoms. The number of rotatable bonds is 4. The highest BCUT2D eigenvalue weighted by atomic mass is 16.7. The van der Waals surface area contributed by atoms with Crippen molar-refractivity contribution < 1.29 is 9.47 Å². The Balaban J connectivity index is 2.33. The Morgan fingerprint density at radius 1 is 1.36 bits per heavy atom. The third-order valence-electron chi connectivity index (χ3n) is 2.37. The predicted octanol–water partition coefficient (Wildman–Crippen LogP) is 0.878. The number of methoxy groups -OCH3 is 1. The van der Waals surface area contributed by atoms with Crippen molar-refractivity contribution >= 4 is 0 Å². The van der Waals surface area contributed by atoms with Crippen LogP contribution in [-0.4, -0.2) is 26.0 Å². The summed E-state index contributed by atoms with van der Waals surface area (Å²) in [6.07, 6.45) is 4.65. The molecule has 0 aromatic carbocycles. The number of ether oxygens (including phenoxy) is 2. The zero-order chi connectivity index (χ0) is 8.16. The van der Waals surface area contributed by atoms with E-state index in [1.165, 1.54) is 12.8 Å². The summed E-state index contributed by atoms with van der Waals surface area (Å²) in [7, 11) is 1.64. The van der Waals surface area contributed by atoms with Gasteiger partial charge in [-0.2, -0.15) is 0 Å². The molecule has 0 atom stereocenters. The second-order valence-corrected chi connectivity index (χ2v) is 3.15. The van der Waals surface area contributed by atoms with Crippen LogP contribution in [0.5, 0.6) is 0 Å². The van der Waals surface area contributed by atoms with Gasteiger partial charge in [-0.05, 0) is 12.8 Å². The fourth-order valence-electron chi connectivity index (χ4n) is 1.61. The summed E-state index contributed by atoms with van der Waals surface area (Å²) < 4.78 is 10.4. The van der Waals surface area contributed by atoms with E-state index in [2.05, 4.69) is 0 Å². The van der Waals surface area contributed by atoms with Crippen LogP contribution < -0.4 is 5.73 Å². The number of nitrogens with two attached hydrogens (primary N) is 1. The molecule has 0 unspecified atom stereocenters. The molecule has 1 aliphatic carbocycles. The Hall–Kier alpha value is -0.120. The van der Waals surface area contributed by atoms with Crippen LogP contribution in [0.2, 0.25) is 0 Å². The molecule has 1 aliphatic rings. The van der Waals surface area contributed by atoms with Crippen LogP contribution in [-0.2, 0) is 9.47 Å². The average Bonchev–Trinajstić information content (AvgIpc) is 2.50. The van der Waals surface area contributed by atoms with E-state index in [0.717, 1.165) is 12.8 Å². The van der Waals surface area contributed by atoms with Gasteiger partial charge in [-0.1, -0.05) is 12.8 Å². The SMILES string of the molecule is COCOC1(CN)CCCC1. The molecule has 66 valence electrons. The first kappa shape index (κ1) is 8.97. The smallest absolute Gasteiger partial charge is 0.147 e. The van der Waals surface area contributed by atoms with Gasteiger partial charge in [-0.3, -0.25) is 0 Å². The number of hydrogen-bond acceptors (Lipinski definition) is 3. The highest BCUT2D eigenvalue weighted by Gasteiger charge is 2.33. The normalized spacial score (nSPS) is 22.4. The molecule has 0 amide bonds. The summed E-state index contributed by atoms with van der Waals surface area (Å²) in [6, 6.07) is 0. The summed E-state index contributed by atoms with van der Waals surface area (Å²) in [5.74, 6) is 0. The summed E-state index contributed by atoms with van der Waals surface area (Å²) >= 11 is 0. The standard InChI is InChI=1S/C8H17NO2/c1-10-7-11-8(6-9)4-2-3-5-8/h2-7,9H2,1H3. The molecule has 0 radical (unpaired) electrons. The predicted molar refractivity (Wildman–Crippen MR) is 43.2 cm³/mol. The van der Waals surface area contributed by atoms with Gasteiger partial charge in [-0.25, -0.2) is 0 Å². The highest BCUT2D eigenvalue weighted by Crippen LogP contribution is 2.31. The van der Waals surface area contributed by atoms with Gasteiger partial charge in [0.25, 0.3) is 0 Å². The third kappa shape index (κ3) is 2.15. The third-order valence-corrected chi connectivity index (χ3v) is 2.37. The summed E-state index contributed by atoms with van der Waals surface area (Å²) in [5.41, 5.74) is 5.57. The van der Waals surface area contributed by atoms with Crippen molar-refractivity contribution in [2.24, 2.45) is 5.73 Å². The maximum atomic E-state index is 5.63. The van der Waals surface area contributed by atoms with Crippen LogP contribution in [0.25, 0.3) is 0 Å². The molecule has 0 heterocycles. The molecular formula is C8H17NO2. The Morgan fingerprint density at radius 3 is 2.45 bits per heavy atom. The van der Waals surface area contributed by atoms with Crippen LogP contribution in [0.1, 0.15) is 25.7 Å². The molecule has 0 aliphatic heterocycles. The topological polar surface area (TPSA) is 44.5 Å². The van der Waals surface area contributed by atoms with Crippen LogP contribution in [0.4, 0.5) is 0 Å².